The fraction of sp³-hybridized carbons (Fsp3) is 0.692. The van der Waals surface area contributed by atoms with Crippen LogP contribution in [-0.4, -0.2) is 17.1 Å². The number of aromatic amines is 1. The number of rotatable bonds is 3. The number of hydrogen-bond donors (Lipinski definition) is 1. The molecule has 1 N–H and O–H groups in total. The Labute approximate surface area is 101 Å². The van der Waals surface area contributed by atoms with E-state index >= 15 is 0 Å². The molecule has 1 heterocycles. The Bertz CT molecular complexity index is 420. The first kappa shape index (κ1) is 12.3. The van der Waals surface area contributed by atoms with Gasteiger partial charge in [0, 0.05) is 19.1 Å². The van der Waals surface area contributed by atoms with Crippen LogP contribution in [0.25, 0.3) is 0 Å². The van der Waals surface area contributed by atoms with Crippen molar-refractivity contribution >= 4 is 0 Å². The van der Waals surface area contributed by atoms with Gasteiger partial charge in [0.25, 0.3) is 5.56 Å². The summed E-state index contributed by atoms with van der Waals surface area (Å²) in [6.45, 7) is 2.69. The maximum atomic E-state index is 11.5. The Kier molecular flexibility index (Phi) is 3.94. The number of methoxy groups -OCH3 is 1. The van der Waals surface area contributed by atoms with E-state index in [1.54, 1.807) is 7.11 Å². The Morgan fingerprint density at radius 3 is 2.76 bits per heavy atom. The smallest absolute Gasteiger partial charge is 0.251 e. The van der Waals surface area contributed by atoms with Gasteiger partial charge in [0.15, 0.2) is 0 Å². The number of hydrogen-bond acceptors (Lipinski definition) is 3. The number of nitrogens with one attached hydrogen (secondary N) is 1. The Morgan fingerprint density at radius 1 is 1.41 bits per heavy atom. The van der Waals surface area contributed by atoms with Crippen LogP contribution in [0.4, 0.5) is 0 Å². The third-order valence-corrected chi connectivity index (χ3v) is 3.51. The van der Waals surface area contributed by atoms with Crippen LogP contribution in [0, 0.1) is 5.92 Å². The third-order valence-electron chi connectivity index (χ3n) is 3.51. The van der Waals surface area contributed by atoms with Crippen LogP contribution < -0.4 is 5.56 Å². The summed E-state index contributed by atoms with van der Waals surface area (Å²) in [5.41, 5.74) is 0.658. The summed E-state index contributed by atoms with van der Waals surface area (Å²) < 4.78 is 5.03. The number of ether oxygens (including phenoxy) is 1. The monoisotopic (exact) mass is 236 g/mol. The van der Waals surface area contributed by atoms with E-state index in [2.05, 4.69) is 16.9 Å². The molecule has 17 heavy (non-hydrogen) atoms. The highest BCUT2D eigenvalue weighted by Crippen LogP contribution is 2.33. The van der Waals surface area contributed by atoms with E-state index in [1.807, 2.05) is 0 Å². The molecule has 0 atom stereocenters. The first-order valence-corrected chi connectivity index (χ1v) is 6.28. The number of H-pyrrole nitrogens is 1. The molecule has 1 aliphatic carbocycles. The van der Waals surface area contributed by atoms with Gasteiger partial charge in [0.1, 0.15) is 5.82 Å². The molecule has 0 radical (unpaired) electrons. The van der Waals surface area contributed by atoms with Gasteiger partial charge in [-0.1, -0.05) is 19.8 Å². The van der Waals surface area contributed by atoms with Gasteiger partial charge < -0.3 is 9.72 Å². The summed E-state index contributed by atoms with van der Waals surface area (Å²) >= 11 is 0. The summed E-state index contributed by atoms with van der Waals surface area (Å²) in [5, 5.41) is 0. The fourth-order valence-electron chi connectivity index (χ4n) is 2.48. The minimum absolute atomic E-state index is 0.0688. The van der Waals surface area contributed by atoms with E-state index in [4.69, 9.17) is 4.74 Å². The van der Waals surface area contributed by atoms with Crippen molar-refractivity contribution in [2.45, 2.75) is 45.1 Å². The van der Waals surface area contributed by atoms with Gasteiger partial charge in [-0.2, -0.15) is 0 Å². The van der Waals surface area contributed by atoms with E-state index in [1.165, 1.54) is 18.9 Å². The highest BCUT2D eigenvalue weighted by molar-refractivity contribution is 5.06. The minimum atomic E-state index is -0.0688. The zero-order valence-corrected chi connectivity index (χ0v) is 10.5. The topological polar surface area (TPSA) is 55.0 Å². The molecule has 4 nitrogen and oxygen atoms in total. The predicted octanol–water partition coefficient (Wildman–Crippen LogP) is 2.21. The molecular weight excluding hydrogens is 216 g/mol. The molecule has 0 amide bonds. The van der Waals surface area contributed by atoms with E-state index < -0.39 is 0 Å². The zero-order valence-electron chi connectivity index (χ0n) is 10.5. The molecule has 1 aliphatic rings. The normalized spacial score (nSPS) is 24.8. The second-order valence-electron chi connectivity index (χ2n) is 5.01. The molecule has 0 saturated heterocycles. The van der Waals surface area contributed by atoms with Gasteiger partial charge in [0.05, 0.1) is 12.3 Å². The highest BCUT2D eigenvalue weighted by atomic mass is 16.5. The van der Waals surface area contributed by atoms with Gasteiger partial charge in [-0.05, 0) is 18.8 Å². The lowest BCUT2D eigenvalue weighted by molar-refractivity contribution is 0.180. The SMILES string of the molecule is COCc1cc(=O)[nH]c(C2CCC(C)CC2)n1. The lowest BCUT2D eigenvalue weighted by atomic mass is 9.82. The van der Waals surface area contributed by atoms with Gasteiger partial charge in [0.2, 0.25) is 0 Å². The standard InChI is InChI=1S/C13H20N2O2/c1-9-3-5-10(6-4-9)13-14-11(8-17-2)7-12(16)15-13/h7,9-10H,3-6,8H2,1-2H3,(H,14,15,16). The van der Waals surface area contributed by atoms with Crippen LogP contribution in [0.1, 0.15) is 50.0 Å². The van der Waals surface area contributed by atoms with E-state index in [9.17, 15) is 4.79 Å². The Hall–Kier alpha value is -1.16. The highest BCUT2D eigenvalue weighted by Gasteiger charge is 2.21. The predicted molar refractivity (Wildman–Crippen MR) is 65.9 cm³/mol. The molecule has 2 rings (SSSR count). The van der Waals surface area contributed by atoms with E-state index in [-0.39, 0.29) is 5.56 Å². The van der Waals surface area contributed by atoms with Crippen molar-refractivity contribution in [2.24, 2.45) is 5.92 Å². The molecule has 1 aromatic rings. The molecule has 1 saturated carbocycles. The first-order chi connectivity index (χ1) is 8.19. The van der Waals surface area contributed by atoms with Gasteiger partial charge >= 0.3 is 0 Å². The summed E-state index contributed by atoms with van der Waals surface area (Å²) in [7, 11) is 1.62. The van der Waals surface area contributed by atoms with Crippen LogP contribution >= 0.6 is 0 Å². The van der Waals surface area contributed by atoms with Crippen LogP contribution in [0.3, 0.4) is 0 Å². The average Bonchev–Trinajstić information content (AvgIpc) is 2.29. The van der Waals surface area contributed by atoms with Crippen molar-refractivity contribution in [1.82, 2.24) is 9.97 Å². The molecule has 0 spiro atoms. The van der Waals surface area contributed by atoms with Crippen molar-refractivity contribution in [1.29, 1.82) is 0 Å². The lowest BCUT2D eigenvalue weighted by Gasteiger charge is -2.25. The molecule has 1 aromatic heterocycles. The van der Waals surface area contributed by atoms with E-state index in [0.29, 0.717) is 12.5 Å². The van der Waals surface area contributed by atoms with Crippen LogP contribution in [0.15, 0.2) is 10.9 Å². The summed E-state index contributed by atoms with van der Waals surface area (Å²) in [5.74, 6) is 2.06. The number of aromatic nitrogens is 2. The third kappa shape index (κ3) is 3.16. The van der Waals surface area contributed by atoms with Crippen molar-refractivity contribution in [3.8, 4) is 0 Å². The molecule has 94 valence electrons. The molecule has 0 unspecified atom stereocenters. The molecule has 4 heteroatoms. The summed E-state index contributed by atoms with van der Waals surface area (Å²) in [6.07, 6.45) is 4.70. The molecular formula is C13H20N2O2. The molecule has 0 bridgehead atoms. The van der Waals surface area contributed by atoms with Crippen molar-refractivity contribution in [2.75, 3.05) is 7.11 Å². The number of nitrogens with zero attached hydrogens (tertiary/aromatic N) is 1. The maximum absolute atomic E-state index is 11.5. The molecule has 1 fully saturated rings. The van der Waals surface area contributed by atoms with Crippen molar-refractivity contribution < 1.29 is 4.74 Å². The lowest BCUT2D eigenvalue weighted by Crippen LogP contribution is -2.19. The van der Waals surface area contributed by atoms with Gasteiger partial charge in [-0.15, -0.1) is 0 Å². The quantitative estimate of drug-likeness (QED) is 0.875. The average molecular weight is 236 g/mol. The van der Waals surface area contributed by atoms with Crippen LogP contribution in [-0.2, 0) is 11.3 Å². The van der Waals surface area contributed by atoms with Crippen molar-refractivity contribution in [3.63, 3.8) is 0 Å². The van der Waals surface area contributed by atoms with E-state index in [0.717, 1.165) is 30.3 Å². The second kappa shape index (κ2) is 5.45. The van der Waals surface area contributed by atoms with Crippen LogP contribution in [0.2, 0.25) is 0 Å². The Morgan fingerprint density at radius 2 is 2.12 bits per heavy atom. The summed E-state index contributed by atoms with van der Waals surface area (Å²) in [4.78, 5) is 18.9. The van der Waals surface area contributed by atoms with Gasteiger partial charge in [-0.25, -0.2) is 4.98 Å². The largest absolute Gasteiger partial charge is 0.378 e. The summed E-state index contributed by atoms with van der Waals surface area (Å²) in [6, 6.07) is 1.51. The molecule has 0 aromatic carbocycles. The second-order valence-corrected chi connectivity index (χ2v) is 5.01. The van der Waals surface area contributed by atoms with Gasteiger partial charge in [-0.3, -0.25) is 4.79 Å². The molecule has 0 aliphatic heterocycles. The zero-order chi connectivity index (χ0) is 12.3. The van der Waals surface area contributed by atoms with Crippen molar-refractivity contribution in [3.05, 3.63) is 27.9 Å². The Balaban J connectivity index is 2.17. The van der Waals surface area contributed by atoms with Crippen LogP contribution in [0.5, 0.6) is 0 Å². The fourth-order valence-corrected chi connectivity index (χ4v) is 2.48. The minimum Gasteiger partial charge on any atom is -0.378 e. The first-order valence-electron chi connectivity index (χ1n) is 6.28. The maximum Gasteiger partial charge on any atom is 0.251 e.